The van der Waals surface area contributed by atoms with E-state index in [2.05, 4.69) is 0 Å². The van der Waals surface area contributed by atoms with E-state index in [1.54, 1.807) is 21.6 Å². The van der Waals surface area contributed by atoms with Crippen molar-refractivity contribution < 1.29 is 24.4 Å². The highest BCUT2D eigenvalue weighted by atomic mass is 32.2. The number of nitrogens with zero attached hydrogens (tertiary/aromatic N) is 2. The zero-order valence-electron chi connectivity index (χ0n) is 17.5. The Hall–Kier alpha value is -3.76. The maximum Gasteiger partial charge on any atom is 0.370 e. The molecule has 2 N–H and O–H groups in total. The number of benzene rings is 2. The first-order valence-corrected chi connectivity index (χ1v) is 11.9. The number of para-hydroxylation sites is 2. The highest BCUT2D eigenvalue weighted by Crippen LogP contribution is 2.43. The molecule has 0 amide bonds. The molecule has 0 bridgehead atoms. The number of rotatable bonds is 6. The van der Waals surface area contributed by atoms with Crippen LogP contribution in [-0.2, 0) is 16.1 Å². The van der Waals surface area contributed by atoms with Gasteiger partial charge in [-0.1, -0.05) is 47.4 Å². The molecule has 1 atom stereocenters. The van der Waals surface area contributed by atoms with Crippen LogP contribution in [0.1, 0.15) is 5.01 Å². The number of carbonyl (C=O) groups is 2. The van der Waals surface area contributed by atoms with Gasteiger partial charge >= 0.3 is 11.9 Å². The predicted molar refractivity (Wildman–Crippen MR) is 129 cm³/mol. The molecule has 170 valence electrons. The first-order valence-electron chi connectivity index (χ1n) is 10.2. The maximum absolute atomic E-state index is 12.9. The van der Waals surface area contributed by atoms with Crippen LogP contribution in [0, 0.1) is 0 Å². The number of hydrogen-bond donors (Lipinski definition) is 2. The molecule has 5 rings (SSSR count). The van der Waals surface area contributed by atoms with Crippen LogP contribution in [0.2, 0.25) is 0 Å². The summed E-state index contributed by atoms with van der Waals surface area (Å²) in [5, 5.41) is 18.6. The van der Waals surface area contributed by atoms with Gasteiger partial charge in [-0.3, -0.25) is 14.4 Å². The van der Waals surface area contributed by atoms with Gasteiger partial charge in [0.2, 0.25) is 22.9 Å². The van der Waals surface area contributed by atoms with Crippen LogP contribution in [0.3, 0.4) is 0 Å². The number of thioether (sulfide) groups is 1. The molecule has 1 aliphatic rings. The molecule has 1 aromatic heterocycles. The third-order valence-electron chi connectivity index (χ3n) is 5.52. The molecule has 0 aliphatic carbocycles. The van der Waals surface area contributed by atoms with E-state index in [0.717, 1.165) is 15.3 Å². The number of anilines is 1. The Morgan fingerprint density at radius 1 is 0.971 bits per heavy atom. The SMILES string of the molecule is O=C(O)CN1c2ccccc2SC1C=c1c(=O)c(=Cc2sc3ccccc3[n+]2CC(=O)O)c1=O. The minimum Gasteiger partial charge on any atom is -0.480 e. The van der Waals surface area contributed by atoms with E-state index in [1.165, 1.54) is 35.3 Å². The average Bonchev–Trinajstić information content (AvgIpc) is 3.33. The summed E-state index contributed by atoms with van der Waals surface area (Å²) in [6.45, 7) is -0.560. The molecule has 0 saturated heterocycles. The summed E-state index contributed by atoms with van der Waals surface area (Å²) in [7, 11) is 0. The monoisotopic (exact) mass is 493 g/mol. The fourth-order valence-electron chi connectivity index (χ4n) is 4.01. The van der Waals surface area contributed by atoms with Crippen LogP contribution < -0.4 is 30.8 Å². The molecule has 0 spiro atoms. The van der Waals surface area contributed by atoms with Gasteiger partial charge in [-0.05, 0) is 24.3 Å². The Balaban J connectivity index is 1.57. The largest absolute Gasteiger partial charge is 0.480 e. The number of fused-ring (bicyclic) bond motifs is 2. The molecule has 4 aromatic rings. The molecule has 1 aliphatic heterocycles. The molecule has 34 heavy (non-hydrogen) atoms. The fourth-order valence-corrected chi connectivity index (χ4v) is 6.36. The quantitative estimate of drug-likeness (QED) is 0.373. The number of thiazole rings is 1. The lowest BCUT2D eigenvalue weighted by molar-refractivity contribution is -0.657. The Labute approximate surface area is 200 Å². The van der Waals surface area contributed by atoms with Gasteiger partial charge in [-0.2, -0.15) is 4.57 Å². The standard InChI is InChI=1S/C24H16N2O6S2/c27-21(28)11-25-15-5-1-3-7-17(15)33-19(25)9-13-23(31)14(24(13)32)10-20-26(12-22(29)30)16-6-2-4-8-18(16)34-20/h1-10,19H,11-12H2,(H-,27,28,29,30)/p+1. The summed E-state index contributed by atoms with van der Waals surface area (Å²) in [6, 6.07) is 14.6. The first kappa shape index (κ1) is 22.1. The van der Waals surface area contributed by atoms with Crippen LogP contribution in [-0.4, -0.2) is 34.1 Å². The third kappa shape index (κ3) is 3.80. The Bertz CT molecular complexity index is 1630. The summed E-state index contributed by atoms with van der Waals surface area (Å²) in [6.07, 6.45) is 2.97. The lowest BCUT2D eigenvalue weighted by atomic mass is 10.1. The molecular formula is C24H17N2O6S2+. The van der Waals surface area contributed by atoms with Crippen LogP contribution in [0.25, 0.3) is 22.4 Å². The number of aliphatic carboxylic acids is 2. The smallest absolute Gasteiger partial charge is 0.370 e. The third-order valence-corrected chi connectivity index (χ3v) is 7.86. The molecule has 3 aromatic carbocycles. The molecule has 0 saturated carbocycles. The van der Waals surface area contributed by atoms with Crippen LogP contribution >= 0.6 is 23.1 Å². The van der Waals surface area contributed by atoms with Crippen LogP contribution in [0.15, 0.2) is 63.0 Å². The van der Waals surface area contributed by atoms with E-state index < -0.39 is 28.2 Å². The van der Waals surface area contributed by atoms with Crippen molar-refractivity contribution in [2.24, 2.45) is 0 Å². The molecule has 0 fully saturated rings. The van der Waals surface area contributed by atoms with Crippen LogP contribution in [0.5, 0.6) is 0 Å². The van der Waals surface area contributed by atoms with Crippen molar-refractivity contribution in [3.8, 4) is 0 Å². The number of carboxylic acids is 2. The normalized spacial score (nSPS) is 14.9. The maximum atomic E-state index is 12.9. The van der Waals surface area contributed by atoms with Crippen molar-refractivity contribution in [2.75, 3.05) is 11.4 Å². The fraction of sp³-hybridized carbons (Fsp3) is 0.125. The van der Waals surface area contributed by atoms with Gasteiger partial charge in [-0.15, -0.1) is 0 Å². The van der Waals surface area contributed by atoms with E-state index in [1.807, 2.05) is 36.4 Å². The second-order valence-electron chi connectivity index (χ2n) is 7.68. The van der Waals surface area contributed by atoms with Gasteiger partial charge < -0.3 is 15.1 Å². The van der Waals surface area contributed by atoms with E-state index >= 15 is 0 Å². The average molecular weight is 494 g/mol. The minimum absolute atomic E-state index is 0.0118. The van der Waals surface area contributed by atoms with Crippen molar-refractivity contribution >= 4 is 63.1 Å². The lowest BCUT2D eigenvalue weighted by Gasteiger charge is -2.22. The highest BCUT2D eigenvalue weighted by molar-refractivity contribution is 8.00. The minimum atomic E-state index is -1.03. The lowest BCUT2D eigenvalue weighted by Crippen LogP contribution is -2.65. The first-order chi connectivity index (χ1) is 16.3. The molecule has 0 radical (unpaired) electrons. The number of hydrogen-bond acceptors (Lipinski definition) is 7. The molecule has 10 heteroatoms. The van der Waals surface area contributed by atoms with E-state index in [0.29, 0.717) is 10.5 Å². The Kier molecular flexibility index (Phi) is 5.54. The topological polar surface area (TPSA) is 116 Å². The molecule has 8 nitrogen and oxygen atoms in total. The second-order valence-corrected chi connectivity index (χ2v) is 9.90. The van der Waals surface area contributed by atoms with Crippen molar-refractivity contribution in [1.82, 2.24) is 0 Å². The van der Waals surface area contributed by atoms with Gasteiger partial charge in [0.1, 0.15) is 16.6 Å². The van der Waals surface area contributed by atoms with Gasteiger partial charge in [0.15, 0.2) is 0 Å². The number of carboxylic acid groups (broad SMARTS) is 2. The van der Waals surface area contributed by atoms with Crippen LogP contribution in [0.4, 0.5) is 5.69 Å². The van der Waals surface area contributed by atoms with Gasteiger partial charge in [0.25, 0.3) is 5.01 Å². The van der Waals surface area contributed by atoms with E-state index in [9.17, 15) is 29.4 Å². The zero-order chi connectivity index (χ0) is 24.0. The molecule has 2 heterocycles. The van der Waals surface area contributed by atoms with E-state index in [-0.39, 0.29) is 23.5 Å². The summed E-state index contributed by atoms with van der Waals surface area (Å²) < 4.78 is 2.41. The van der Waals surface area contributed by atoms with Gasteiger partial charge in [0.05, 0.1) is 16.1 Å². The summed E-state index contributed by atoms with van der Waals surface area (Å²) in [4.78, 5) is 51.1. The Morgan fingerprint density at radius 2 is 1.68 bits per heavy atom. The summed E-state index contributed by atoms with van der Waals surface area (Å²) in [5.41, 5.74) is 0.584. The summed E-state index contributed by atoms with van der Waals surface area (Å²) >= 11 is 2.68. The zero-order valence-corrected chi connectivity index (χ0v) is 19.1. The molecule has 1 unspecified atom stereocenters. The predicted octanol–water partition coefficient (Wildman–Crippen LogP) is 0.502. The van der Waals surface area contributed by atoms with Crippen molar-refractivity contribution in [3.05, 3.63) is 84.4 Å². The van der Waals surface area contributed by atoms with Crippen molar-refractivity contribution in [2.45, 2.75) is 16.8 Å². The summed E-state index contributed by atoms with van der Waals surface area (Å²) in [5.74, 6) is -2.04. The Morgan fingerprint density at radius 3 is 2.41 bits per heavy atom. The molecular weight excluding hydrogens is 476 g/mol. The van der Waals surface area contributed by atoms with Gasteiger partial charge in [0, 0.05) is 17.0 Å². The second kappa shape index (κ2) is 8.54. The van der Waals surface area contributed by atoms with Gasteiger partial charge in [-0.25, -0.2) is 4.79 Å². The highest BCUT2D eigenvalue weighted by Gasteiger charge is 2.30. The van der Waals surface area contributed by atoms with E-state index in [4.69, 9.17) is 0 Å². The van der Waals surface area contributed by atoms with Crippen molar-refractivity contribution in [3.63, 3.8) is 0 Å². The van der Waals surface area contributed by atoms with Crippen molar-refractivity contribution in [1.29, 1.82) is 0 Å². The number of aromatic nitrogens is 1.